The van der Waals surface area contributed by atoms with Crippen LogP contribution in [0.2, 0.25) is 0 Å². The van der Waals surface area contributed by atoms with E-state index in [-0.39, 0.29) is 34.2 Å². The summed E-state index contributed by atoms with van der Waals surface area (Å²) in [5.41, 5.74) is 0.691. The Balaban J connectivity index is 1.92. The van der Waals surface area contributed by atoms with Crippen LogP contribution in [-0.4, -0.2) is 36.0 Å². The molecule has 7 nitrogen and oxygen atoms in total. The summed E-state index contributed by atoms with van der Waals surface area (Å²) in [6.45, 7) is 3.44. The zero-order valence-corrected chi connectivity index (χ0v) is 19.9. The summed E-state index contributed by atoms with van der Waals surface area (Å²) >= 11 is 0. The maximum Gasteiger partial charge on any atom is 0.338 e. The number of aliphatic hydroxyl groups is 1. The van der Waals surface area contributed by atoms with Gasteiger partial charge in [0.25, 0.3) is 11.7 Å². The van der Waals surface area contributed by atoms with Gasteiger partial charge in [0.15, 0.2) is 0 Å². The lowest BCUT2D eigenvalue weighted by Gasteiger charge is -2.26. The standard InChI is InChI=1S/C28H24FNO6/c1-16(2)36-28(34)18-10-7-11-20(14-18)30-24(17-8-5-4-6-9-17)23(26(32)27(30)33)25(31)21-15-19(29)12-13-22(21)35-3/h4-16,24,31H,1-3H3/b25-23+. The molecule has 1 heterocycles. The molecule has 4 rings (SSSR count). The van der Waals surface area contributed by atoms with Crippen molar-refractivity contribution >= 4 is 29.1 Å². The number of amides is 1. The van der Waals surface area contributed by atoms with Crippen LogP contribution in [0, 0.1) is 5.82 Å². The third-order valence-electron chi connectivity index (χ3n) is 5.68. The molecule has 1 aliphatic heterocycles. The van der Waals surface area contributed by atoms with Crippen LogP contribution < -0.4 is 9.64 Å². The Morgan fingerprint density at radius 2 is 1.72 bits per heavy atom. The van der Waals surface area contributed by atoms with Crippen molar-refractivity contribution in [3.63, 3.8) is 0 Å². The third kappa shape index (κ3) is 4.57. The molecule has 3 aromatic rings. The molecule has 1 atom stereocenters. The molecule has 8 heteroatoms. The zero-order chi connectivity index (χ0) is 26.0. The molecule has 0 bridgehead atoms. The summed E-state index contributed by atoms with van der Waals surface area (Å²) < 4.78 is 24.6. The summed E-state index contributed by atoms with van der Waals surface area (Å²) in [4.78, 5) is 40.3. The first kappa shape index (κ1) is 24.7. The van der Waals surface area contributed by atoms with E-state index in [4.69, 9.17) is 9.47 Å². The second-order valence-corrected chi connectivity index (χ2v) is 8.43. The van der Waals surface area contributed by atoms with Gasteiger partial charge >= 0.3 is 5.97 Å². The number of nitrogens with zero attached hydrogens (tertiary/aromatic N) is 1. The maximum absolute atomic E-state index is 14.1. The zero-order valence-electron chi connectivity index (χ0n) is 19.9. The van der Waals surface area contributed by atoms with Crippen molar-refractivity contribution in [2.24, 2.45) is 0 Å². The van der Waals surface area contributed by atoms with Crippen LogP contribution in [0.4, 0.5) is 10.1 Å². The van der Waals surface area contributed by atoms with E-state index in [9.17, 15) is 23.9 Å². The Labute approximate surface area is 207 Å². The number of anilines is 1. The molecule has 0 spiro atoms. The van der Waals surface area contributed by atoms with Crippen molar-refractivity contribution in [2.45, 2.75) is 26.0 Å². The minimum absolute atomic E-state index is 0.0642. The topological polar surface area (TPSA) is 93.1 Å². The van der Waals surface area contributed by atoms with Gasteiger partial charge in [-0.15, -0.1) is 0 Å². The highest BCUT2D eigenvalue weighted by Crippen LogP contribution is 2.43. The van der Waals surface area contributed by atoms with Gasteiger partial charge in [-0.25, -0.2) is 9.18 Å². The summed E-state index contributed by atoms with van der Waals surface area (Å²) in [5.74, 6) is -3.54. The normalized spacial score (nSPS) is 16.9. The minimum Gasteiger partial charge on any atom is -0.507 e. The quantitative estimate of drug-likeness (QED) is 0.226. The Hall–Kier alpha value is -4.46. The lowest BCUT2D eigenvalue weighted by Crippen LogP contribution is -2.29. The van der Waals surface area contributed by atoms with Gasteiger partial charge in [0.1, 0.15) is 17.3 Å². The highest BCUT2D eigenvalue weighted by atomic mass is 19.1. The number of benzene rings is 3. The number of methoxy groups -OCH3 is 1. The van der Waals surface area contributed by atoms with Gasteiger partial charge in [0.05, 0.1) is 36.0 Å². The van der Waals surface area contributed by atoms with E-state index in [1.54, 1.807) is 62.4 Å². The number of ketones is 1. The first-order chi connectivity index (χ1) is 17.2. The lowest BCUT2D eigenvalue weighted by molar-refractivity contribution is -0.132. The van der Waals surface area contributed by atoms with Gasteiger partial charge in [0, 0.05) is 5.69 Å². The van der Waals surface area contributed by atoms with Crippen LogP contribution in [0.5, 0.6) is 5.75 Å². The summed E-state index contributed by atoms with van der Waals surface area (Å²) in [6.07, 6.45) is -0.346. The molecule has 1 aliphatic rings. The predicted octanol–water partition coefficient (Wildman–Crippen LogP) is 5.03. The van der Waals surface area contributed by atoms with Crippen molar-refractivity contribution in [1.29, 1.82) is 0 Å². The van der Waals surface area contributed by atoms with Crippen molar-refractivity contribution < 1.29 is 33.4 Å². The van der Waals surface area contributed by atoms with Gasteiger partial charge in [-0.05, 0) is 55.8 Å². The Bertz CT molecular complexity index is 1370. The molecule has 0 saturated carbocycles. The van der Waals surface area contributed by atoms with Crippen LogP contribution in [0.3, 0.4) is 0 Å². The molecule has 1 N–H and O–H groups in total. The molecule has 1 unspecified atom stereocenters. The molecule has 0 aromatic heterocycles. The maximum atomic E-state index is 14.1. The second-order valence-electron chi connectivity index (χ2n) is 8.43. The van der Waals surface area contributed by atoms with E-state index >= 15 is 0 Å². The molecule has 3 aromatic carbocycles. The van der Waals surface area contributed by atoms with Crippen LogP contribution >= 0.6 is 0 Å². The molecule has 184 valence electrons. The van der Waals surface area contributed by atoms with Crippen molar-refractivity contribution in [3.05, 3.63) is 101 Å². The third-order valence-corrected chi connectivity index (χ3v) is 5.68. The van der Waals surface area contributed by atoms with Crippen molar-refractivity contribution in [2.75, 3.05) is 12.0 Å². The number of carbonyl (C=O) groups is 3. The smallest absolute Gasteiger partial charge is 0.338 e. The molecular weight excluding hydrogens is 465 g/mol. The number of aliphatic hydroxyl groups excluding tert-OH is 1. The second kappa shape index (κ2) is 10.0. The molecule has 1 amide bonds. The predicted molar refractivity (Wildman–Crippen MR) is 131 cm³/mol. The fourth-order valence-corrected chi connectivity index (χ4v) is 4.12. The number of carbonyl (C=O) groups excluding carboxylic acids is 3. The molecular formula is C28H24FNO6. The molecule has 1 fully saturated rings. The number of rotatable bonds is 6. The highest BCUT2D eigenvalue weighted by Gasteiger charge is 2.47. The lowest BCUT2D eigenvalue weighted by atomic mass is 9.94. The monoisotopic (exact) mass is 489 g/mol. The van der Waals surface area contributed by atoms with Gasteiger partial charge < -0.3 is 14.6 Å². The van der Waals surface area contributed by atoms with E-state index in [1.165, 1.54) is 24.1 Å². The van der Waals surface area contributed by atoms with E-state index in [1.807, 2.05) is 0 Å². The van der Waals surface area contributed by atoms with E-state index in [0.717, 1.165) is 12.1 Å². The van der Waals surface area contributed by atoms with Crippen molar-refractivity contribution in [3.8, 4) is 5.75 Å². The number of Topliss-reactive ketones (excluding diaryl/α,β-unsaturated/α-hetero) is 1. The average Bonchev–Trinajstić information content (AvgIpc) is 3.14. The summed E-state index contributed by atoms with van der Waals surface area (Å²) in [5, 5.41) is 11.2. The van der Waals surface area contributed by atoms with Crippen LogP contribution in [0.15, 0.2) is 78.4 Å². The number of esters is 1. The van der Waals surface area contributed by atoms with Crippen LogP contribution in [-0.2, 0) is 14.3 Å². The highest BCUT2D eigenvalue weighted by molar-refractivity contribution is 6.51. The molecule has 0 radical (unpaired) electrons. The van der Waals surface area contributed by atoms with Crippen LogP contribution in [0.1, 0.15) is 41.4 Å². The first-order valence-corrected chi connectivity index (χ1v) is 11.2. The SMILES string of the molecule is COc1ccc(F)cc1/C(O)=C1\C(=O)C(=O)N(c2cccc(C(=O)OC(C)C)c2)C1c1ccccc1. The Morgan fingerprint density at radius 3 is 2.39 bits per heavy atom. The van der Waals surface area contributed by atoms with Gasteiger partial charge in [-0.3, -0.25) is 14.5 Å². The fraction of sp³-hybridized carbons (Fsp3) is 0.179. The van der Waals surface area contributed by atoms with E-state index in [0.29, 0.717) is 5.56 Å². The van der Waals surface area contributed by atoms with Crippen molar-refractivity contribution in [1.82, 2.24) is 0 Å². The summed E-state index contributed by atoms with van der Waals surface area (Å²) in [6, 6.07) is 17.3. The number of hydrogen-bond acceptors (Lipinski definition) is 6. The fourth-order valence-electron chi connectivity index (χ4n) is 4.12. The van der Waals surface area contributed by atoms with E-state index in [2.05, 4.69) is 0 Å². The molecule has 36 heavy (non-hydrogen) atoms. The van der Waals surface area contributed by atoms with Gasteiger partial charge in [0.2, 0.25) is 0 Å². The van der Waals surface area contributed by atoms with Gasteiger partial charge in [-0.2, -0.15) is 0 Å². The minimum atomic E-state index is -1.05. The Kier molecular flexibility index (Phi) is 6.87. The summed E-state index contributed by atoms with van der Waals surface area (Å²) in [7, 11) is 1.35. The number of hydrogen-bond donors (Lipinski definition) is 1. The van der Waals surface area contributed by atoms with Gasteiger partial charge in [-0.1, -0.05) is 36.4 Å². The largest absolute Gasteiger partial charge is 0.507 e. The molecule has 0 aliphatic carbocycles. The number of ether oxygens (including phenoxy) is 2. The van der Waals surface area contributed by atoms with E-state index < -0.39 is 35.3 Å². The first-order valence-electron chi connectivity index (χ1n) is 11.2. The Morgan fingerprint density at radius 1 is 1.00 bits per heavy atom. The van der Waals surface area contributed by atoms with Crippen LogP contribution in [0.25, 0.3) is 5.76 Å². The number of halogens is 1. The average molecular weight is 489 g/mol. The molecule has 1 saturated heterocycles.